The van der Waals surface area contributed by atoms with Gasteiger partial charge in [-0.25, -0.2) is 0 Å². The van der Waals surface area contributed by atoms with Crippen LogP contribution in [0.15, 0.2) is 24.3 Å². The first-order chi connectivity index (χ1) is 23.5. The zero-order chi connectivity index (χ0) is 35.2. The van der Waals surface area contributed by atoms with Crippen LogP contribution in [0.4, 0.5) is 0 Å². The molecule has 5 nitrogen and oxygen atoms in total. The Labute approximate surface area is 300 Å². The van der Waals surface area contributed by atoms with Crippen molar-refractivity contribution >= 4 is 5.97 Å². The Bertz CT molecular complexity index is 659. The molecule has 0 fully saturated rings. The number of allylic oxidation sites excluding steroid dienone is 4. The van der Waals surface area contributed by atoms with E-state index in [1.54, 1.807) is 0 Å². The van der Waals surface area contributed by atoms with Gasteiger partial charge in [-0.2, -0.15) is 0 Å². The maximum atomic E-state index is 11.2. The third-order valence-corrected chi connectivity index (χ3v) is 9.51. The second kappa shape index (κ2) is 38.6. The lowest BCUT2D eigenvalue weighted by Gasteiger charge is -2.23. The molecule has 0 rings (SSSR count). The first-order valence-corrected chi connectivity index (χ1v) is 21.0. The second-order valence-electron chi connectivity index (χ2n) is 14.4. The van der Waals surface area contributed by atoms with Crippen LogP contribution in [0, 0.1) is 0 Å². The van der Waals surface area contributed by atoms with Crippen molar-refractivity contribution in [2.75, 3.05) is 32.8 Å². The first kappa shape index (κ1) is 46.8. The molecule has 48 heavy (non-hydrogen) atoms. The van der Waals surface area contributed by atoms with E-state index in [0.717, 1.165) is 25.9 Å². The lowest BCUT2D eigenvalue weighted by Crippen LogP contribution is -2.34. The molecule has 0 radical (unpaired) electrons. The van der Waals surface area contributed by atoms with Crippen LogP contribution in [0.5, 0.6) is 0 Å². The molecule has 0 aromatic rings. The maximum absolute atomic E-state index is 11.2. The summed E-state index contributed by atoms with van der Waals surface area (Å²) in [5, 5.41) is 9.21. The molecule has 0 spiro atoms. The molecular formula is C43H83NO4. The van der Waals surface area contributed by atoms with E-state index in [1.165, 1.54) is 154 Å². The highest BCUT2D eigenvalue weighted by molar-refractivity contribution is 5.66. The SMILES string of the molecule is CCCCCCCCC=CCCCCCCC(C)OCCN(CCOC(C)CCCCCCC=CCCCCCCCC)CCC(=O)O. The summed E-state index contributed by atoms with van der Waals surface area (Å²) < 4.78 is 12.2. The highest BCUT2D eigenvalue weighted by atomic mass is 16.5. The highest BCUT2D eigenvalue weighted by Crippen LogP contribution is 2.13. The number of aliphatic carboxylic acids is 1. The molecule has 1 N–H and O–H groups in total. The molecule has 2 unspecified atom stereocenters. The van der Waals surface area contributed by atoms with Crippen LogP contribution < -0.4 is 0 Å². The van der Waals surface area contributed by atoms with Crippen molar-refractivity contribution in [3.8, 4) is 0 Å². The van der Waals surface area contributed by atoms with Crippen LogP contribution >= 0.6 is 0 Å². The summed E-state index contributed by atoms with van der Waals surface area (Å²) >= 11 is 0. The quantitative estimate of drug-likeness (QED) is 0.0518. The maximum Gasteiger partial charge on any atom is 0.304 e. The molecule has 0 amide bonds. The van der Waals surface area contributed by atoms with Gasteiger partial charge in [0.2, 0.25) is 0 Å². The Balaban J connectivity index is 3.83. The van der Waals surface area contributed by atoms with Gasteiger partial charge in [0.15, 0.2) is 0 Å². The van der Waals surface area contributed by atoms with Crippen LogP contribution in [0.1, 0.15) is 201 Å². The van der Waals surface area contributed by atoms with Crippen molar-refractivity contribution in [3.63, 3.8) is 0 Å². The third-order valence-electron chi connectivity index (χ3n) is 9.51. The smallest absolute Gasteiger partial charge is 0.304 e. The van der Waals surface area contributed by atoms with Crippen LogP contribution in [0.3, 0.4) is 0 Å². The molecule has 0 saturated heterocycles. The van der Waals surface area contributed by atoms with Crippen LogP contribution in [-0.2, 0) is 14.3 Å². The van der Waals surface area contributed by atoms with Gasteiger partial charge in [0.25, 0.3) is 0 Å². The van der Waals surface area contributed by atoms with E-state index in [4.69, 9.17) is 9.47 Å². The zero-order valence-electron chi connectivity index (χ0n) is 32.7. The van der Waals surface area contributed by atoms with Gasteiger partial charge < -0.3 is 14.6 Å². The lowest BCUT2D eigenvalue weighted by atomic mass is 10.1. The average molecular weight is 678 g/mol. The van der Waals surface area contributed by atoms with Crippen molar-refractivity contribution in [3.05, 3.63) is 24.3 Å². The number of carbonyl (C=O) groups is 1. The molecule has 0 saturated carbocycles. The molecule has 0 bridgehead atoms. The van der Waals surface area contributed by atoms with Gasteiger partial charge in [-0.3, -0.25) is 9.69 Å². The molecule has 0 aromatic heterocycles. The largest absolute Gasteiger partial charge is 0.481 e. The van der Waals surface area contributed by atoms with E-state index in [9.17, 15) is 9.90 Å². The molecule has 284 valence electrons. The van der Waals surface area contributed by atoms with Gasteiger partial charge >= 0.3 is 5.97 Å². The molecule has 0 aliphatic heterocycles. The molecule has 0 aromatic carbocycles. The summed E-state index contributed by atoms with van der Waals surface area (Å²) in [5.41, 5.74) is 0. The van der Waals surface area contributed by atoms with Crippen LogP contribution in [0.25, 0.3) is 0 Å². The normalized spacial score (nSPS) is 13.4. The molecule has 5 heteroatoms. The van der Waals surface area contributed by atoms with Gasteiger partial charge in [-0.15, -0.1) is 0 Å². The van der Waals surface area contributed by atoms with E-state index in [1.807, 2.05) is 0 Å². The van der Waals surface area contributed by atoms with Gasteiger partial charge in [-0.1, -0.05) is 141 Å². The zero-order valence-corrected chi connectivity index (χ0v) is 32.7. The summed E-state index contributed by atoms with van der Waals surface area (Å²) in [6.07, 6.45) is 44.0. The summed E-state index contributed by atoms with van der Waals surface area (Å²) in [6.45, 7) is 12.3. The predicted molar refractivity (Wildman–Crippen MR) is 209 cm³/mol. The van der Waals surface area contributed by atoms with Crippen LogP contribution in [0.2, 0.25) is 0 Å². The minimum absolute atomic E-state index is 0.160. The predicted octanol–water partition coefficient (Wildman–Crippen LogP) is 12.9. The van der Waals surface area contributed by atoms with Gasteiger partial charge in [0.1, 0.15) is 0 Å². The van der Waals surface area contributed by atoms with Crippen LogP contribution in [-0.4, -0.2) is 61.0 Å². The van der Waals surface area contributed by atoms with Crippen molar-refractivity contribution in [2.45, 2.75) is 213 Å². The minimum Gasteiger partial charge on any atom is -0.481 e. The van der Waals surface area contributed by atoms with Gasteiger partial charge in [0, 0.05) is 19.6 Å². The van der Waals surface area contributed by atoms with Crippen molar-refractivity contribution < 1.29 is 19.4 Å². The summed E-state index contributed by atoms with van der Waals surface area (Å²) in [7, 11) is 0. The number of hydrogen-bond acceptors (Lipinski definition) is 4. The van der Waals surface area contributed by atoms with E-state index in [-0.39, 0.29) is 18.6 Å². The van der Waals surface area contributed by atoms with Crippen molar-refractivity contribution in [2.24, 2.45) is 0 Å². The number of carboxylic acids is 1. The summed E-state index contributed by atoms with van der Waals surface area (Å²) in [5.74, 6) is -0.745. The molecule has 0 aliphatic rings. The Hall–Kier alpha value is -1.17. The minimum atomic E-state index is -0.745. The fourth-order valence-electron chi connectivity index (χ4n) is 6.17. The van der Waals surface area contributed by atoms with Gasteiger partial charge in [-0.05, 0) is 78.1 Å². The van der Waals surface area contributed by atoms with E-state index in [2.05, 4.69) is 56.9 Å². The van der Waals surface area contributed by atoms with Crippen molar-refractivity contribution in [1.82, 2.24) is 4.90 Å². The topological polar surface area (TPSA) is 59.0 Å². The van der Waals surface area contributed by atoms with E-state index < -0.39 is 5.97 Å². The number of nitrogens with zero attached hydrogens (tertiary/aromatic N) is 1. The summed E-state index contributed by atoms with van der Waals surface area (Å²) in [4.78, 5) is 13.4. The number of carboxylic acid groups (broad SMARTS) is 1. The fraction of sp³-hybridized carbons (Fsp3) is 0.884. The first-order valence-electron chi connectivity index (χ1n) is 21.0. The summed E-state index contributed by atoms with van der Waals surface area (Å²) in [6, 6.07) is 0. The average Bonchev–Trinajstić information content (AvgIpc) is 3.07. The van der Waals surface area contributed by atoms with E-state index in [0.29, 0.717) is 19.8 Å². The lowest BCUT2D eigenvalue weighted by molar-refractivity contribution is -0.137. The number of rotatable bonds is 39. The second-order valence-corrected chi connectivity index (χ2v) is 14.4. The molecule has 0 aliphatic carbocycles. The fourth-order valence-corrected chi connectivity index (χ4v) is 6.17. The number of hydrogen-bond donors (Lipinski definition) is 1. The Morgan fingerprint density at radius 2 is 0.854 bits per heavy atom. The van der Waals surface area contributed by atoms with E-state index >= 15 is 0 Å². The Kier molecular flexibility index (Phi) is 37.7. The number of unbranched alkanes of at least 4 members (excludes halogenated alkanes) is 20. The molecule has 2 atom stereocenters. The monoisotopic (exact) mass is 678 g/mol. The number of ether oxygens (including phenoxy) is 2. The van der Waals surface area contributed by atoms with Gasteiger partial charge in [0.05, 0.1) is 31.8 Å². The standard InChI is InChI=1S/C43H83NO4/c1-5-7-9-11-13-15-17-19-21-23-25-27-29-31-33-41(3)47-39-37-44(36-35-43(45)46)38-40-48-42(4)34-32-30-28-26-24-22-20-18-16-14-12-10-8-6-2/h19-22,41-42H,5-18,23-40H2,1-4H3,(H,45,46). The third kappa shape index (κ3) is 37.6. The Morgan fingerprint density at radius 3 is 1.21 bits per heavy atom. The van der Waals surface area contributed by atoms with Crippen molar-refractivity contribution in [1.29, 1.82) is 0 Å². The Morgan fingerprint density at radius 1 is 0.521 bits per heavy atom. The molecule has 0 heterocycles. The molecular weight excluding hydrogens is 594 g/mol. The highest BCUT2D eigenvalue weighted by Gasteiger charge is 2.11.